The average molecular weight is 294 g/mol. The SMILES string of the molecule is CN1c2ccccc2/C(=N/O)c2ccsc2S1(=O)=O. The number of sulfonamides is 1. The third kappa shape index (κ3) is 1.58. The number of oxime groups is 1. The number of fused-ring (bicyclic) bond motifs is 2. The molecule has 2 aromatic rings. The molecule has 1 aromatic carbocycles. The highest BCUT2D eigenvalue weighted by Gasteiger charge is 2.34. The zero-order valence-corrected chi connectivity index (χ0v) is 11.6. The molecule has 0 spiro atoms. The number of para-hydroxylation sites is 1. The maximum atomic E-state index is 12.5. The molecule has 2 heterocycles. The lowest BCUT2D eigenvalue weighted by Crippen LogP contribution is -2.25. The Morgan fingerprint density at radius 3 is 2.68 bits per heavy atom. The smallest absolute Gasteiger partial charge is 0.274 e. The van der Waals surface area contributed by atoms with E-state index < -0.39 is 10.0 Å². The van der Waals surface area contributed by atoms with E-state index >= 15 is 0 Å². The summed E-state index contributed by atoms with van der Waals surface area (Å²) in [5.41, 5.74) is 1.80. The molecule has 98 valence electrons. The molecule has 1 aromatic heterocycles. The number of nitrogens with zero attached hydrogens (tertiary/aromatic N) is 2. The molecule has 0 amide bonds. The van der Waals surface area contributed by atoms with Gasteiger partial charge in [0.05, 0.1) is 5.69 Å². The summed E-state index contributed by atoms with van der Waals surface area (Å²) in [5, 5.41) is 14.2. The molecule has 7 heteroatoms. The molecular formula is C12H10N2O3S2. The molecule has 5 nitrogen and oxygen atoms in total. The number of hydrogen-bond donors (Lipinski definition) is 1. The van der Waals surface area contributed by atoms with Crippen LogP contribution in [0.15, 0.2) is 45.1 Å². The van der Waals surface area contributed by atoms with Gasteiger partial charge in [-0.05, 0) is 17.5 Å². The van der Waals surface area contributed by atoms with E-state index in [2.05, 4.69) is 5.16 Å². The van der Waals surface area contributed by atoms with E-state index in [1.165, 1.54) is 11.4 Å². The molecule has 1 N–H and O–H groups in total. The van der Waals surface area contributed by atoms with E-state index in [0.717, 1.165) is 11.3 Å². The van der Waals surface area contributed by atoms with Crippen molar-refractivity contribution in [2.45, 2.75) is 4.21 Å². The van der Waals surface area contributed by atoms with E-state index in [0.29, 0.717) is 16.8 Å². The molecule has 3 rings (SSSR count). The van der Waals surface area contributed by atoms with Crippen LogP contribution in [0, 0.1) is 0 Å². The predicted molar refractivity (Wildman–Crippen MR) is 73.8 cm³/mol. The van der Waals surface area contributed by atoms with Gasteiger partial charge in [0.15, 0.2) is 0 Å². The van der Waals surface area contributed by atoms with Crippen LogP contribution >= 0.6 is 11.3 Å². The molecule has 0 unspecified atom stereocenters. The molecule has 0 bridgehead atoms. The number of rotatable bonds is 0. The van der Waals surface area contributed by atoms with Crippen LogP contribution in [0.25, 0.3) is 0 Å². The van der Waals surface area contributed by atoms with Gasteiger partial charge in [-0.1, -0.05) is 23.4 Å². The lowest BCUT2D eigenvalue weighted by Gasteiger charge is -2.18. The minimum atomic E-state index is -3.61. The van der Waals surface area contributed by atoms with E-state index in [-0.39, 0.29) is 9.92 Å². The molecule has 1 aliphatic rings. The second-order valence-electron chi connectivity index (χ2n) is 4.06. The molecule has 0 fully saturated rings. The van der Waals surface area contributed by atoms with Crippen molar-refractivity contribution in [3.05, 3.63) is 46.8 Å². The summed E-state index contributed by atoms with van der Waals surface area (Å²) in [4.78, 5) is 0. The molecule has 0 saturated heterocycles. The van der Waals surface area contributed by atoms with Crippen LogP contribution in [0.4, 0.5) is 5.69 Å². The van der Waals surface area contributed by atoms with Gasteiger partial charge in [-0.3, -0.25) is 4.31 Å². The van der Waals surface area contributed by atoms with Crippen molar-refractivity contribution in [1.82, 2.24) is 0 Å². The van der Waals surface area contributed by atoms with Crippen LogP contribution in [0.2, 0.25) is 0 Å². The van der Waals surface area contributed by atoms with Gasteiger partial charge in [0.25, 0.3) is 10.0 Å². The van der Waals surface area contributed by atoms with E-state index in [1.54, 1.807) is 35.7 Å². The first-order chi connectivity index (χ1) is 9.07. The van der Waals surface area contributed by atoms with Crippen molar-refractivity contribution in [1.29, 1.82) is 0 Å². The zero-order chi connectivity index (χ0) is 13.6. The molecule has 19 heavy (non-hydrogen) atoms. The van der Waals surface area contributed by atoms with Crippen LogP contribution in [0.1, 0.15) is 11.1 Å². The minimum Gasteiger partial charge on any atom is -0.410 e. The van der Waals surface area contributed by atoms with Crippen LogP contribution in [-0.2, 0) is 10.0 Å². The van der Waals surface area contributed by atoms with Gasteiger partial charge in [-0.25, -0.2) is 8.42 Å². The summed E-state index contributed by atoms with van der Waals surface area (Å²) >= 11 is 1.12. The fraction of sp³-hybridized carbons (Fsp3) is 0.0833. The van der Waals surface area contributed by atoms with E-state index in [1.807, 2.05) is 0 Å². The van der Waals surface area contributed by atoms with Crippen LogP contribution in [0.5, 0.6) is 0 Å². The third-order valence-electron chi connectivity index (χ3n) is 3.08. The van der Waals surface area contributed by atoms with Crippen LogP contribution in [0.3, 0.4) is 0 Å². The second kappa shape index (κ2) is 4.07. The highest BCUT2D eigenvalue weighted by Crippen LogP contribution is 2.36. The van der Waals surface area contributed by atoms with Gasteiger partial charge < -0.3 is 5.21 Å². The summed E-state index contributed by atoms with van der Waals surface area (Å²) in [7, 11) is -2.11. The van der Waals surface area contributed by atoms with E-state index in [9.17, 15) is 13.6 Å². The first-order valence-electron chi connectivity index (χ1n) is 5.45. The van der Waals surface area contributed by atoms with Crippen molar-refractivity contribution in [2.24, 2.45) is 5.16 Å². The normalized spacial score (nSPS) is 18.8. The molecule has 0 saturated carbocycles. The summed E-state index contributed by atoms with van der Waals surface area (Å²) in [5.74, 6) is 0. The maximum Gasteiger partial charge on any atom is 0.274 e. The summed E-state index contributed by atoms with van der Waals surface area (Å²) in [6, 6.07) is 8.61. The molecule has 0 atom stereocenters. The quantitative estimate of drug-likeness (QED) is 0.597. The van der Waals surface area contributed by atoms with Gasteiger partial charge in [-0.2, -0.15) is 0 Å². The highest BCUT2D eigenvalue weighted by atomic mass is 32.2. The maximum absolute atomic E-state index is 12.5. The highest BCUT2D eigenvalue weighted by molar-refractivity contribution is 7.94. The van der Waals surface area contributed by atoms with Crippen LogP contribution in [-0.4, -0.2) is 26.4 Å². The van der Waals surface area contributed by atoms with Gasteiger partial charge in [-0.15, -0.1) is 11.3 Å². The first kappa shape index (κ1) is 12.2. The fourth-order valence-corrected chi connectivity index (χ4v) is 4.84. The van der Waals surface area contributed by atoms with Crippen molar-refractivity contribution in [2.75, 3.05) is 11.4 Å². The molecular weight excluding hydrogens is 284 g/mol. The Morgan fingerprint density at radius 1 is 1.21 bits per heavy atom. The Labute approximate surface area is 114 Å². The summed E-state index contributed by atoms with van der Waals surface area (Å²) < 4.78 is 26.4. The van der Waals surface area contributed by atoms with Gasteiger partial charge in [0.2, 0.25) is 0 Å². The second-order valence-corrected chi connectivity index (χ2v) is 7.14. The first-order valence-corrected chi connectivity index (χ1v) is 7.77. The Morgan fingerprint density at radius 2 is 1.95 bits per heavy atom. The van der Waals surface area contributed by atoms with E-state index in [4.69, 9.17) is 0 Å². The van der Waals surface area contributed by atoms with Crippen molar-refractivity contribution in [3.63, 3.8) is 0 Å². The number of anilines is 1. The largest absolute Gasteiger partial charge is 0.410 e. The monoisotopic (exact) mass is 294 g/mol. The molecule has 0 aliphatic carbocycles. The number of thiophene rings is 1. The number of hydrogen-bond acceptors (Lipinski definition) is 5. The Balaban J connectivity index is 2.46. The predicted octanol–water partition coefficient (Wildman–Crippen LogP) is 2.11. The topological polar surface area (TPSA) is 70.0 Å². The van der Waals surface area contributed by atoms with Gasteiger partial charge in [0.1, 0.15) is 9.92 Å². The zero-order valence-electron chi connectivity index (χ0n) is 9.94. The molecule has 1 aliphatic heterocycles. The number of benzene rings is 1. The Kier molecular flexibility index (Phi) is 2.61. The van der Waals surface area contributed by atoms with Gasteiger partial charge in [0, 0.05) is 18.2 Å². The molecule has 0 radical (unpaired) electrons. The summed E-state index contributed by atoms with van der Waals surface area (Å²) in [6.07, 6.45) is 0. The van der Waals surface area contributed by atoms with Gasteiger partial charge >= 0.3 is 0 Å². The minimum absolute atomic E-state index is 0.194. The van der Waals surface area contributed by atoms with Crippen molar-refractivity contribution >= 4 is 32.8 Å². The average Bonchev–Trinajstić information content (AvgIpc) is 2.87. The standard InChI is InChI=1S/C12H10N2O3S2/c1-14-10-5-3-2-4-8(10)11(13-15)9-6-7-18-12(9)19(14,16)17/h2-7,15H,1H3/b13-11-. The van der Waals surface area contributed by atoms with Crippen molar-refractivity contribution < 1.29 is 13.6 Å². The summed E-state index contributed by atoms with van der Waals surface area (Å²) in [6.45, 7) is 0. The third-order valence-corrected chi connectivity index (χ3v) is 6.31. The van der Waals surface area contributed by atoms with Crippen LogP contribution < -0.4 is 4.31 Å². The Bertz CT molecular complexity index is 778. The van der Waals surface area contributed by atoms with Crippen molar-refractivity contribution in [3.8, 4) is 0 Å². The lowest BCUT2D eigenvalue weighted by molar-refractivity contribution is 0.319. The fourth-order valence-electron chi connectivity index (χ4n) is 2.13. The lowest BCUT2D eigenvalue weighted by atomic mass is 10.0. The Hall–Kier alpha value is -1.86.